The van der Waals surface area contributed by atoms with Gasteiger partial charge in [-0.25, -0.2) is 4.98 Å². The fourth-order valence-corrected chi connectivity index (χ4v) is 5.57. The van der Waals surface area contributed by atoms with E-state index >= 15 is 0 Å². The molecule has 2 N–H and O–H groups in total. The molecule has 0 aromatic carbocycles. The highest BCUT2D eigenvalue weighted by Gasteiger charge is 2.51. The highest BCUT2D eigenvalue weighted by atomic mass is 32.2. The second-order valence-corrected chi connectivity index (χ2v) is 7.79. The minimum absolute atomic E-state index is 0.119. The summed E-state index contributed by atoms with van der Waals surface area (Å²) in [5.41, 5.74) is 0.119. The predicted octanol–water partition coefficient (Wildman–Crippen LogP) is 1.98. The fraction of sp³-hybridized carbons (Fsp3) is 0.786. The van der Waals surface area contributed by atoms with E-state index in [0.717, 1.165) is 17.8 Å². The zero-order valence-corrected chi connectivity index (χ0v) is 12.3. The van der Waals surface area contributed by atoms with Gasteiger partial charge >= 0.3 is 0 Å². The first-order valence-corrected chi connectivity index (χ1v) is 8.48. The minimum atomic E-state index is 0.119. The molecule has 20 heavy (non-hydrogen) atoms. The summed E-state index contributed by atoms with van der Waals surface area (Å²) in [5, 5.41) is 10.6. The number of nitrogens with one attached hydrogen (secondary N) is 2. The van der Waals surface area contributed by atoms with Gasteiger partial charge in [-0.15, -0.1) is 0 Å². The second kappa shape index (κ2) is 4.76. The van der Waals surface area contributed by atoms with Gasteiger partial charge in [-0.1, -0.05) is 11.8 Å². The first-order chi connectivity index (χ1) is 9.71. The topological polar surface area (TPSA) is 70.7 Å². The van der Waals surface area contributed by atoms with Gasteiger partial charge in [-0.05, 0) is 56.3 Å². The third kappa shape index (κ3) is 2.34. The van der Waals surface area contributed by atoms with Crippen LogP contribution in [-0.2, 0) is 4.79 Å². The number of amides is 1. The summed E-state index contributed by atoms with van der Waals surface area (Å²) in [7, 11) is 0. The Labute approximate surface area is 122 Å². The van der Waals surface area contributed by atoms with Gasteiger partial charge in [0.1, 0.15) is 6.33 Å². The van der Waals surface area contributed by atoms with Crippen LogP contribution in [0, 0.1) is 17.8 Å². The Morgan fingerprint density at radius 2 is 1.95 bits per heavy atom. The van der Waals surface area contributed by atoms with E-state index in [0.29, 0.717) is 10.9 Å². The molecule has 4 fully saturated rings. The Morgan fingerprint density at radius 3 is 2.50 bits per heavy atom. The van der Waals surface area contributed by atoms with E-state index in [-0.39, 0.29) is 11.4 Å². The SMILES string of the molecule is O=C(CSc1ncn[nH]1)NC12CC3CC(CC(C3)C1)C2. The van der Waals surface area contributed by atoms with E-state index in [1.807, 2.05) is 0 Å². The van der Waals surface area contributed by atoms with Crippen LogP contribution in [-0.4, -0.2) is 32.4 Å². The molecule has 0 spiro atoms. The number of rotatable bonds is 4. The third-order valence-corrected chi connectivity index (χ3v) is 6.05. The van der Waals surface area contributed by atoms with Crippen molar-refractivity contribution in [1.82, 2.24) is 20.5 Å². The molecule has 1 amide bonds. The van der Waals surface area contributed by atoms with Crippen LogP contribution in [0.4, 0.5) is 0 Å². The maximum atomic E-state index is 12.2. The summed E-state index contributed by atoms with van der Waals surface area (Å²) < 4.78 is 0. The average Bonchev–Trinajstić information content (AvgIpc) is 2.87. The Kier molecular flexibility index (Phi) is 3.02. The van der Waals surface area contributed by atoms with Crippen molar-refractivity contribution in [2.75, 3.05) is 5.75 Å². The summed E-state index contributed by atoms with van der Waals surface area (Å²) in [4.78, 5) is 16.3. The Hall–Kier alpha value is -1.04. The number of thioether (sulfide) groups is 1. The zero-order valence-electron chi connectivity index (χ0n) is 11.5. The van der Waals surface area contributed by atoms with Crippen molar-refractivity contribution in [3.63, 3.8) is 0 Å². The summed E-state index contributed by atoms with van der Waals surface area (Å²) in [6.45, 7) is 0. The molecule has 5 rings (SSSR count). The number of hydrogen-bond donors (Lipinski definition) is 2. The van der Waals surface area contributed by atoms with Crippen LogP contribution < -0.4 is 5.32 Å². The maximum absolute atomic E-state index is 12.2. The van der Waals surface area contributed by atoms with E-state index in [1.165, 1.54) is 56.6 Å². The molecule has 1 aromatic heterocycles. The number of carbonyl (C=O) groups is 1. The molecule has 4 aliphatic rings. The van der Waals surface area contributed by atoms with Gasteiger partial charge in [0.2, 0.25) is 5.91 Å². The van der Waals surface area contributed by atoms with Crippen LogP contribution in [0.2, 0.25) is 0 Å². The van der Waals surface area contributed by atoms with Crippen molar-refractivity contribution in [2.24, 2.45) is 17.8 Å². The monoisotopic (exact) mass is 292 g/mol. The van der Waals surface area contributed by atoms with Crippen molar-refractivity contribution < 1.29 is 4.79 Å². The van der Waals surface area contributed by atoms with Crippen LogP contribution in [0.15, 0.2) is 11.5 Å². The van der Waals surface area contributed by atoms with Gasteiger partial charge < -0.3 is 5.32 Å². The molecule has 0 aliphatic heterocycles. The predicted molar refractivity (Wildman–Crippen MR) is 76.2 cm³/mol. The summed E-state index contributed by atoms with van der Waals surface area (Å²) in [6, 6.07) is 0. The number of H-pyrrole nitrogens is 1. The first-order valence-electron chi connectivity index (χ1n) is 7.50. The smallest absolute Gasteiger partial charge is 0.230 e. The highest BCUT2D eigenvalue weighted by Crippen LogP contribution is 2.55. The lowest BCUT2D eigenvalue weighted by Crippen LogP contribution is -2.60. The van der Waals surface area contributed by atoms with Gasteiger partial charge in [0.05, 0.1) is 5.75 Å². The van der Waals surface area contributed by atoms with Crippen molar-refractivity contribution >= 4 is 17.7 Å². The molecule has 4 aliphatic carbocycles. The molecule has 5 nitrogen and oxygen atoms in total. The molecule has 4 bridgehead atoms. The molecule has 0 radical (unpaired) electrons. The molecule has 0 atom stereocenters. The maximum Gasteiger partial charge on any atom is 0.230 e. The van der Waals surface area contributed by atoms with Crippen molar-refractivity contribution in [3.8, 4) is 0 Å². The molecule has 108 valence electrons. The quantitative estimate of drug-likeness (QED) is 0.833. The Balaban J connectivity index is 1.37. The number of hydrogen-bond acceptors (Lipinski definition) is 4. The number of aromatic amines is 1. The van der Waals surface area contributed by atoms with E-state index in [2.05, 4.69) is 20.5 Å². The Bertz CT molecular complexity index is 466. The fourth-order valence-electron chi connectivity index (χ4n) is 4.99. The van der Waals surface area contributed by atoms with E-state index < -0.39 is 0 Å². The van der Waals surface area contributed by atoms with Gasteiger partial charge in [0.15, 0.2) is 5.16 Å². The number of aromatic nitrogens is 3. The average molecular weight is 292 g/mol. The standard InChI is InChI=1S/C14H20N4OS/c19-12(7-20-13-15-8-16-18-13)17-14-4-9-1-10(5-14)3-11(2-9)6-14/h8-11H,1-7H2,(H,17,19)(H,15,16,18). The molecule has 1 heterocycles. The van der Waals surface area contributed by atoms with Crippen LogP contribution in [0.5, 0.6) is 0 Å². The highest BCUT2D eigenvalue weighted by molar-refractivity contribution is 7.99. The molecular formula is C14H20N4OS. The molecule has 6 heteroatoms. The van der Waals surface area contributed by atoms with Crippen molar-refractivity contribution in [2.45, 2.75) is 49.2 Å². The largest absolute Gasteiger partial charge is 0.350 e. The third-order valence-electron chi connectivity index (χ3n) is 5.18. The van der Waals surface area contributed by atoms with Gasteiger partial charge in [0, 0.05) is 5.54 Å². The lowest BCUT2D eigenvalue weighted by atomic mass is 9.53. The van der Waals surface area contributed by atoms with Crippen molar-refractivity contribution in [3.05, 3.63) is 6.33 Å². The Morgan fingerprint density at radius 1 is 1.30 bits per heavy atom. The summed E-state index contributed by atoms with van der Waals surface area (Å²) >= 11 is 1.42. The number of carbonyl (C=O) groups excluding carboxylic acids is 1. The molecule has 4 saturated carbocycles. The molecular weight excluding hydrogens is 272 g/mol. The van der Waals surface area contributed by atoms with Crippen LogP contribution in [0.25, 0.3) is 0 Å². The van der Waals surface area contributed by atoms with Gasteiger partial charge in [-0.2, -0.15) is 5.10 Å². The molecule has 0 saturated heterocycles. The lowest BCUT2D eigenvalue weighted by Gasteiger charge is -2.56. The van der Waals surface area contributed by atoms with Crippen LogP contribution >= 0.6 is 11.8 Å². The first kappa shape index (κ1) is 12.7. The van der Waals surface area contributed by atoms with Crippen LogP contribution in [0.1, 0.15) is 38.5 Å². The molecule has 1 aromatic rings. The minimum Gasteiger partial charge on any atom is -0.350 e. The normalized spacial score (nSPS) is 38.1. The second-order valence-electron chi connectivity index (χ2n) is 6.83. The van der Waals surface area contributed by atoms with Crippen molar-refractivity contribution in [1.29, 1.82) is 0 Å². The zero-order chi connectivity index (χ0) is 13.6. The van der Waals surface area contributed by atoms with E-state index in [1.54, 1.807) is 0 Å². The summed E-state index contributed by atoms with van der Waals surface area (Å²) in [6.07, 6.45) is 9.30. The van der Waals surface area contributed by atoms with E-state index in [4.69, 9.17) is 0 Å². The van der Waals surface area contributed by atoms with Gasteiger partial charge in [0.25, 0.3) is 0 Å². The number of nitrogens with zero attached hydrogens (tertiary/aromatic N) is 2. The van der Waals surface area contributed by atoms with Crippen LogP contribution in [0.3, 0.4) is 0 Å². The van der Waals surface area contributed by atoms with E-state index in [9.17, 15) is 4.79 Å². The summed E-state index contributed by atoms with van der Waals surface area (Å²) in [5.74, 6) is 3.17. The molecule has 0 unspecified atom stereocenters. The lowest BCUT2D eigenvalue weighted by molar-refractivity contribution is -0.124. The van der Waals surface area contributed by atoms with Gasteiger partial charge in [-0.3, -0.25) is 9.89 Å².